The van der Waals surface area contributed by atoms with E-state index in [4.69, 9.17) is 5.11 Å². The Morgan fingerprint density at radius 3 is 1.94 bits per heavy atom. The van der Waals surface area contributed by atoms with Crippen LogP contribution in [0.15, 0.2) is 0 Å². The van der Waals surface area contributed by atoms with E-state index in [1.54, 1.807) is 25.2 Å². The van der Waals surface area contributed by atoms with E-state index in [1.807, 2.05) is 13.8 Å². The van der Waals surface area contributed by atoms with Gasteiger partial charge in [0.2, 0.25) is 0 Å². The summed E-state index contributed by atoms with van der Waals surface area (Å²) in [5.74, 6) is 0. The van der Waals surface area contributed by atoms with E-state index in [1.165, 1.54) is 0 Å². The molecule has 0 amide bonds. The van der Waals surface area contributed by atoms with Gasteiger partial charge in [-0.25, -0.2) is 4.98 Å². The first kappa shape index (κ1) is 17.6. The molecule has 106 valence electrons. The lowest BCUT2D eigenvalue weighted by Crippen LogP contribution is -2.15. The fourth-order valence-corrected chi connectivity index (χ4v) is 2.65. The lowest BCUT2D eigenvalue weighted by atomic mass is 9.92. The highest BCUT2D eigenvalue weighted by Gasteiger charge is 2.28. The van der Waals surface area contributed by atoms with Crippen molar-refractivity contribution in [2.75, 3.05) is 6.61 Å². The van der Waals surface area contributed by atoms with Crippen LogP contribution in [0, 0.1) is 0 Å². The molecule has 1 heterocycles. The molecule has 0 aromatic carbocycles. The zero-order valence-electron chi connectivity index (χ0n) is 12.7. The molecule has 1 aromatic heterocycles. The van der Waals surface area contributed by atoms with Gasteiger partial charge in [-0.1, -0.05) is 34.6 Å². The molecule has 0 fully saturated rings. The molecule has 0 atom stereocenters. The topological polar surface area (TPSA) is 53.4 Å². The number of aliphatic hydroxyl groups is 2. The van der Waals surface area contributed by atoms with Crippen LogP contribution in [0.5, 0.6) is 0 Å². The number of hydrogen-bond donors (Lipinski definition) is 2. The quantitative estimate of drug-likeness (QED) is 0.889. The van der Waals surface area contributed by atoms with Gasteiger partial charge in [0.15, 0.2) is 0 Å². The molecule has 0 saturated heterocycles. The predicted octanol–water partition coefficient (Wildman–Crippen LogP) is 3.23. The summed E-state index contributed by atoms with van der Waals surface area (Å²) >= 11 is 1.54. The van der Waals surface area contributed by atoms with Gasteiger partial charge in [0.1, 0.15) is 10.6 Å². The number of aromatic nitrogens is 1. The van der Waals surface area contributed by atoms with E-state index >= 15 is 0 Å². The van der Waals surface area contributed by atoms with Crippen molar-refractivity contribution in [2.24, 2.45) is 0 Å². The molecule has 3 nitrogen and oxygen atoms in total. The summed E-state index contributed by atoms with van der Waals surface area (Å²) < 4.78 is 0. The van der Waals surface area contributed by atoms with Gasteiger partial charge in [0.05, 0.1) is 5.69 Å². The van der Waals surface area contributed by atoms with Crippen molar-refractivity contribution in [3.63, 3.8) is 0 Å². The van der Waals surface area contributed by atoms with Crippen molar-refractivity contribution < 1.29 is 10.2 Å². The van der Waals surface area contributed by atoms with Gasteiger partial charge >= 0.3 is 0 Å². The Labute approximate surface area is 115 Å². The second-order valence-electron chi connectivity index (χ2n) is 5.58. The van der Waals surface area contributed by atoms with Gasteiger partial charge in [-0.3, -0.25) is 0 Å². The Morgan fingerprint density at radius 1 is 1.11 bits per heavy atom. The molecule has 0 aliphatic carbocycles. The minimum absolute atomic E-state index is 0.00562. The van der Waals surface area contributed by atoms with Crippen LogP contribution in [0.25, 0.3) is 0 Å². The third kappa shape index (κ3) is 4.67. The Morgan fingerprint density at radius 2 is 1.61 bits per heavy atom. The third-order valence-electron chi connectivity index (χ3n) is 2.25. The molecular formula is C14H27NO2S. The Hall–Kier alpha value is -0.450. The van der Waals surface area contributed by atoms with Crippen molar-refractivity contribution in [1.29, 1.82) is 0 Å². The zero-order valence-corrected chi connectivity index (χ0v) is 13.5. The fraction of sp³-hybridized carbons (Fsp3) is 0.786. The number of nitrogens with zero attached hydrogens (tertiary/aromatic N) is 1. The Bertz CT molecular complexity index is 359. The first-order valence-corrected chi connectivity index (χ1v) is 7.32. The minimum Gasteiger partial charge on any atom is -0.396 e. The van der Waals surface area contributed by atoms with Crippen LogP contribution in [0.1, 0.15) is 64.0 Å². The number of thiazole rings is 1. The van der Waals surface area contributed by atoms with E-state index in [0.717, 1.165) is 15.6 Å². The molecule has 0 aliphatic heterocycles. The Balaban J connectivity index is 0.00000137. The molecule has 0 unspecified atom stereocenters. The SMILES string of the molecule is CC.CC(C)(C)c1sc(C(C)(C)O)nc1CCO. The van der Waals surface area contributed by atoms with E-state index in [0.29, 0.717) is 6.42 Å². The lowest BCUT2D eigenvalue weighted by molar-refractivity contribution is 0.0780. The van der Waals surface area contributed by atoms with Gasteiger partial charge in [-0.2, -0.15) is 0 Å². The molecular weight excluding hydrogens is 246 g/mol. The predicted molar refractivity (Wildman–Crippen MR) is 78.2 cm³/mol. The fourth-order valence-electron chi connectivity index (χ4n) is 1.47. The maximum absolute atomic E-state index is 9.95. The van der Waals surface area contributed by atoms with Crippen molar-refractivity contribution in [3.05, 3.63) is 15.6 Å². The largest absolute Gasteiger partial charge is 0.396 e. The van der Waals surface area contributed by atoms with Crippen LogP contribution in [-0.2, 0) is 17.4 Å². The minimum atomic E-state index is -0.904. The highest BCUT2D eigenvalue weighted by atomic mass is 32.1. The van der Waals surface area contributed by atoms with Gasteiger partial charge in [0.25, 0.3) is 0 Å². The smallest absolute Gasteiger partial charge is 0.124 e. The van der Waals surface area contributed by atoms with Crippen LogP contribution in [0.4, 0.5) is 0 Å². The van der Waals surface area contributed by atoms with E-state index in [9.17, 15) is 5.11 Å². The monoisotopic (exact) mass is 273 g/mol. The molecule has 0 aliphatic rings. The molecule has 1 rings (SSSR count). The standard InChI is InChI=1S/C12H21NO2S.C2H6/c1-11(2,3)9-8(6-7-14)13-10(16-9)12(4,5)15;1-2/h14-15H,6-7H2,1-5H3;1-2H3. The van der Waals surface area contributed by atoms with Crippen LogP contribution in [-0.4, -0.2) is 21.8 Å². The van der Waals surface area contributed by atoms with Gasteiger partial charge in [-0.05, 0) is 19.3 Å². The average molecular weight is 273 g/mol. The van der Waals surface area contributed by atoms with Crippen LogP contribution in [0.3, 0.4) is 0 Å². The second kappa shape index (κ2) is 6.64. The summed E-state index contributed by atoms with van der Waals surface area (Å²) in [6.07, 6.45) is 0.555. The summed E-state index contributed by atoms with van der Waals surface area (Å²) in [7, 11) is 0. The van der Waals surface area contributed by atoms with Gasteiger partial charge in [-0.15, -0.1) is 11.3 Å². The molecule has 4 heteroatoms. The highest BCUT2D eigenvalue weighted by molar-refractivity contribution is 7.12. The molecule has 1 aromatic rings. The summed E-state index contributed by atoms with van der Waals surface area (Å²) in [4.78, 5) is 5.60. The van der Waals surface area contributed by atoms with E-state index < -0.39 is 5.60 Å². The van der Waals surface area contributed by atoms with Crippen molar-refractivity contribution in [2.45, 2.75) is 65.9 Å². The zero-order chi connectivity index (χ0) is 14.6. The maximum Gasteiger partial charge on any atom is 0.124 e. The maximum atomic E-state index is 9.95. The highest BCUT2D eigenvalue weighted by Crippen LogP contribution is 2.35. The molecule has 18 heavy (non-hydrogen) atoms. The average Bonchev–Trinajstić information content (AvgIpc) is 2.64. The summed E-state index contributed by atoms with van der Waals surface area (Å²) in [5.41, 5.74) is 0.0152. The van der Waals surface area contributed by atoms with Gasteiger partial charge in [0, 0.05) is 17.9 Å². The van der Waals surface area contributed by atoms with Crippen LogP contribution >= 0.6 is 11.3 Å². The number of rotatable bonds is 3. The van der Waals surface area contributed by atoms with E-state index in [2.05, 4.69) is 25.8 Å². The van der Waals surface area contributed by atoms with Crippen molar-refractivity contribution in [3.8, 4) is 0 Å². The second-order valence-corrected chi connectivity index (χ2v) is 6.58. The Kier molecular flexibility index (Phi) is 6.47. The third-order valence-corrected chi connectivity index (χ3v) is 4.09. The van der Waals surface area contributed by atoms with Crippen LogP contribution < -0.4 is 0 Å². The molecule has 0 bridgehead atoms. The van der Waals surface area contributed by atoms with Crippen molar-refractivity contribution in [1.82, 2.24) is 4.98 Å². The molecule has 0 saturated carbocycles. The molecule has 0 spiro atoms. The number of aliphatic hydroxyl groups excluding tert-OH is 1. The summed E-state index contributed by atoms with van der Waals surface area (Å²) in [6, 6.07) is 0. The molecule has 2 N–H and O–H groups in total. The molecule has 0 radical (unpaired) electrons. The van der Waals surface area contributed by atoms with Gasteiger partial charge < -0.3 is 10.2 Å². The van der Waals surface area contributed by atoms with Crippen LogP contribution in [0.2, 0.25) is 0 Å². The first-order valence-electron chi connectivity index (χ1n) is 6.50. The summed E-state index contributed by atoms with van der Waals surface area (Å²) in [6.45, 7) is 13.9. The summed E-state index contributed by atoms with van der Waals surface area (Å²) in [5, 5.41) is 19.7. The lowest BCUT2D eigenvalue weighted by Gasteiger charge is -2.17. The van der Waals surface area contributed by atoms with E-state index in [-0.39, 0.29) is 12.0 Å². The number of hydrogen-bond acceptors (Lipinski definition) is 4. The first-order chi connectivity index (χ1) is 8.16. The van der Waals surface area contributed by atoms with Crippen molar-refractivity contribution >= 4 is 11.3 Å². The normalized spacial score (nSPS) is 12.1.